The number of nitrogens with zero attached hydrogens (tertiary/aromatic N) is 1. The van der Waals surface area contributed by atoms with Crippen molar-refractivity contribution in [3.8, 4) is 34.3 Å². The van der Waals surface area contributed by atoms with Gasteiger partial charge in [0.1, 0.15) is 23.0 Å². The molecule has 0 saturated heterocycles. The molecule has 3 aromatic rings. The second-order valence-electron chi connectivity index (χ2n) is 6.23. The number of rotatable bonds is 11. The lowest BCUT2D eigenvalue weighted by atomic mass is 10.1. The second-order valence-corrected chi connectivity index (χ2v) is 8.19. The number of carbonyl (C=O) groups excluding carboxylic acids is 1. The number of anilines is 1. The molecule has 1 amide bonds. The van der Waals surface area contributed by atoms with Crippen LogP contribution in [0.4, 0.5) is 5.13 Å². The van der Waals surface area contributed by atoms with Gasteiger partial charge in [-0.1, -0.05) is 0 Å². The van der Waals surface area contributed by atoms with Gasteiger partial charge in [0.2, 0.25) is 5.91 Å². The Kier molecular flexibility index (Phi) is 8.43. The molecule has 164 valence electrons. The van der Waals surface area contributed by atoms with Gasteiger partial charge in [0.25, 0.3) is 0 Å². The van der Waals surface area contributed by atoms with E-state index in [1.165, 1.54) is 23.1 Å². The first kappa shape index (κ1) is 22.8. The molecule has 1 N–H and O–H groups in total. The van der Waals surface area contributed by atoms with Crippen LogP contribution in [-0.4, -0.2) is 50.3 Å². The van der Waals surface area contributed by atoms with E-state index in [0.29, 0.717) is 34.7 Å². The van der Waals surface area contributed by atoms with E-state index in [-0.39, 0.29) is 5.91 Å². The maximum absolute atomic E-state index is 12.2. The van der Waals surface area contributed by atoms with Crippen LogP contribution in [0, 0.1) is 0 Å². The highest BCUT2D eigenvalue weighted by Crippen LogP contribution is 2.34. The molecular formula is C22H24N2O5S2. The summed E-state index contributed by atoms with van der Waals surface area (Å²) in [7, 11) is 4.83. The van der Waals surface area contributed by atoms with Crippen LogP contribution in [0.2, 0.25) is 0 Å². The number of thioether (sulfide) groups is 1. The van der Waals surface area contributed by atoms with Crippen LogP contribution >= 0.6 is 23.1 Å². The molecule has 0 bridgehead atoms. The number of hydrogen-bond donors (Lipinski definition) is 1. The molecule has 0 atom stereocenters. The number of benzene rings is 2. The fourth-order valence-electron chi connectivity index (χ4n) is 2.68. The number of carbonyl (C=O) groups is 1. The largest absolute Gasteiger partial charge is 0.497 e. The van der Waals surface area contributed by atoms with E-state index in [4.69, 9.17) is 18.9 Å². The van der Waals surface area contributed by atoms with Crippen LogP contribution in [0.25, 0.3) is 11.3 Å². The number of thiazole rings is 1. The molecule has 0 radical (unpaired) electrons. The Balaban J connectivity index is 1.43. The minimum Gasteiger partial charge on any atom is -0.497 e. The second kappa shape index (κ2) is 11.5. The number of aromatic nitrogens is 1. The van der Waals surface area contributed by atoms with Crippen LogP contribution in [0.15, 0.2) is 47.8 Å². The molecule has 0 aliphatic heterocycles. The third-order valence-corrected chi connectivity index (χ3v) is 5.90. The van der Waals surface area contributed by atoms with Crippen molar-refractivity contribution >= 4 is 34.1 Å². The van der Waals surface area contributed by atoms with E-state index < -0.39 is 0 Å². The van der Waals surface area contributed by atoms with Crippen molar-refractivity contribution in [2.45, 2.75) is 0 Å². The average Bonchev–Trinajstić information content (AvgIpc) is 3.26. The van der Waals surface area contributed by atoms with Gasteiger partial charge in [0, 0.05) is 22.8 Å². The van der Waals surface area contributed by atoms with Gasteiger partial charge in [0.05, 0.1) is 39.4 Å². The summed E-state index contributed by atoms with van der Waals surface area (Å²) in [4.78, 5) is 16.7. The monoisotopic (exact) mass is 460 g/mol. The predicted molar refractivity (Wildman–Crippen MR) is 125 cm³/mol. The SMILES string of the molecule is COc1ccc(OCCSCC(=O)Nc2nc(-c3ccc(OC)cc3OC)cs2)cc1. The highest BCUT2D eigenvalue weighted by atomic mass is 32.2. The molecule has 0 unspecified atom stereocenters. The van der Waals surface area contributed by atoms with Gasteiger partial charge in [0.15, 0.2) is 5.13 Å². The van der Waals surface area contributed by atoms with E-state index in [2.05, 4.69) is 10.3 Å². The van der Waals surface area contributed by atoms with Crippen LogP contribution in [-0.2, 0) is 4.79 Å². The molecule has 3 rings (SSSR count). The Morgan fingerprint density at radius 2 is 1.71 bits per heavy atom. The molecule has 31 heavy (non-hydrogen) atoms. The topological polar surface area (TPSA) is 78.9 Å². The van der Waals surface area contributed by atoms with Gasteiger partial charge in [-0.2, -0.15) is 0 Å². The molecule has 0 aliphatic rings. The normalized spacial score (nSPS) is 10.4. The van der Waals surface area contributed by atoms with E-state index in [1.807, 2.05) is 41.8 Å². The quantitative estimate of drug-likeness (QED) is 0.419. The van der Waals surface area contributed by atoms with Crippen LogP contribution < -0.4 is 24.3 Å². The minimum atomic E-state index is -0.1000. The number of methoxy groups -OCH3 is 3. The summed E-state index contributed by atoms with van der Waals surface area (Å²) in [5, 5.41) is 5.27. The zero-order valence-electron chi connectivity index (χ0n) is 17.5. The zero-order valence-corrected chi connectivity index (χ0v) is 19.2. The Bertz CT molecular complexity index is 992. The Labute approximate surface area is 189 Å². The molecule has 0 spiro atoms. The highest BCUT2D eigenvalue weighted by molar-refractivity contribution is 7.99. The van der Waals surface area contributed by atoms with E-state index in [9.17, 15) is 4.79 Å². The van der Waals surface area contributed by atoms with Crippen molar-refractivity contribution in [3.63, 3.8) is 0 Å². The van der Waals surface area contributed by atoms with Crippen molar-refractivity contribution in [3.05, 3.63) is 47.8 Å². The lowest BCUT2D eigenvalue weighted by molar-refractivity contribution is -0.113. The van der Waals surface area contributed by atoms with Crippen molar-refractivity contribution in [2.75, 3.05) is 44.8 Å². The van der Waals surface area contributed by atoms with Gasteiger partial charge in [-0.25, -0.2) is 4.98 Å². The lowest BCUT2D eigenvalue weighted by Gasteiger charge is -2.08. The van der Waals surface area contributed by atoms with Crippen LogP contribution in [0.5, 0.6) is 23.0 Å². The fraction of sp³-hybridized carbons (Fsp3) is 0.273. The standard InChI is InChI=1S/C22H24N2O5S2/c1-26-15-4-6-16(7-5-15)29-10-11-30-14-21(25)24-22-23-19(13-31-22)18-9-8-17(27-2)12-20(18)28-3/h4-9,12-13H,10-11,14H2,1-3H3,(H,23,24,25). The first-order chi connectivity index (χ1) is 15.1. The number of hydrogen-bond acceptors (Lipinski definition) is 8. The smallest absolute Gasteiger partial charge is 0.236 e. The number of nitrogens with one attached hydrogen (secondary N) is 1. The summed E-state index contributed by atoms with van der Waals surface area (Å²) in [6.07, 6.45) is 0. The number of ether oxygens (including phenoxy) is 4. The average molecular weight is 461 g/mol. The van der Waals surface area contributed by atoms with Gasteiger partial charge >= 0.3 is 0 Å². The molecule has 7 nitrogen and oxygen atoms in total. The van der Waals surface area contributed by atoms with E-state index in [0.717, 1.165) is 22.8 Å². The molecule has 9 heteroatoms. The maximum Gasteiger partial charge on any atom is 0.236 e. The van der Waals surface area contributed by atoms with E-state index >= 15 is 0 Å². The molecule has 0 fully saturated rings. The highest BCUT2D eigenvalue weighted by Gasteiger charge is 2.13. The predicted octanol–water partition coefficient (Wildman–Crippen LogP) is 4.59. The molecule has 0 saturated carbocycles. The van der Waals surface area contributed by atoms with E-state index in [1.54, 1.807) is 27.4 Å². The first-order valence-electron chi connectivity index (χ1n) is 9.45. The first-order valence-corrected chi connectivity index (χ1v) is 11.5. The van der Waals surface area contributed by atoms with Crippen LogP contribution in [0.1, 0.15) is 0 Å². The lowest BCUT2D eigenvalue weighted by Crippen LogP contribution is -2.15. The molecule has 1 aromatic heterocycles. The zero-order chi connectivity index (χ0) is 22.1. The summed E-state index contributed by atoms with van der Waals surface area (Å²) in [6.45, 7) is 0.517. The summed E-state index contributed by atoms with van der Waals surface area (Å²) in [6, 6.07) is 12.9. The van der Waals surface area contributed by atoms with Gasteiger partial charge in [-0.15, -0.1) is 23.1 Å². The maximum atomic E-state index is 12.2. The summed E-state index contributed by atoms with van der Waals surface area (Å²) < 4.78 is 21.4. The summed E-state index contributed by atoms with van der Waals surface area (Å²) in [5.41, 5.74) is 1.57. The minimum absolute atomic E-state index is 0.1000. The van der Waals surface area contributed by atoms with Crippen molar-refractivity contribution < 1.29 is 23.7 Å². The van der Waals surface area contributed by atoms with Gasteiger partial charge in [-0.3, -0.25) is 4.79 Å². The van der Waals surface area contributed by atoms with Gasteiger partial charge < -0.3 is 24.3 Å². The summed E-state index contributed by atoms with van der Waals surface area (Å²) >= 11 is 2.87. The number of amides is 1. The van der Waals surface area contributed by atoms with Gasteiger partial charge in [-0.05, 0) is 36.4 Å². The molecule has 0 aliphatic carbocycles. The van der Waals surface area contributed by atoms with Crippen LogP contribution in [0.3, 0.4) is 0 Å². The third kappa shape index (κ3) is 6.53. The van der Waals surface area contributed by atoms with Crippen molar-refractivity contribution in [1.29, 1.82) is 0 Å². The Morgan fingerprint density at radius 3 is 2.42 bits per heavy atom. The van der Waals surface area contributed by atoms with Crippen molar-refractivity contribution in [2.24, 2.45) is 0 Å². The van der Waals surface area contributed by atoms with Crippen molar-refractivity contribution in [1.82, 2.24) is 4.98 Å². The third-order valence-electron chi connectivity index (χ3n) is 4.22. The Hall–Kier alpha value is -2.91. The molecular weight excluding hydrogens is 436 g/mol. The molecule has 2 aromatic carbocycles. The molecule has 1 heterocycles. The summed E-state index contributed by atoms with van der Waals surface area (Å²) in [5.74, 6) is 3.85. The Morgan fingerprint density at radius 1 is 1.00 bits per heavy atom. The fourth-order valence-corrected chi connectivity index (χ4v) is 4.01.